The van der Waals surface area contributed by atoms with Crippen LogP contribution in [-0.4, -0.2) is 23.1 Å². The molecule has 19 heavy (non-hydrogen) atoms. The van der Waals surface area contributed by atoms with Gasteiger partial charge in [0.1, 0.15) is 11.3 Å². The standard InChI is InChI=1S/C14H13NO4/c1-8(13(15)17)19-14(18)11-6-9-4-2-3-5-10(9)7-12(11)16/h2-8,16H,1H3,(H2,15,17). The Morgan fingerprint density at radius 2 is 1.79 bits per heavy atom. The molecule has 0 aliphatic heterocycles. The average molecular weight is 259 g/mol. The van der Waals surface area contributed by atoms with Gasteiger partial charge in [-0.25, -0.2) is 4.79 Å². The molecular formula is C14H13NO4. The Kier molecular flexibility index (Phi) is 3.37. The van der Waals surface area contributed by atoms with Crippen molar-refractivity contribution in [2.75, 3.05) is 0 Å². The summed E-state index contributed by atoms with van der Waals surface area (Å²) in [6.07, 6.45) is -1.04. The van der Waals surface area contributed by atoms with E-state index in [9.17, 15) is 14.7 Å². The van der Waals surface area contributed by atoms with E-state index < -0.39 is 18.0 Å². The number of phenols is 1. The summed E-state index contributed by atoms with van der Waals surface area (Å²) >= 11 is 0. The monoisotopic (exact) mass is 259 g/mol. The van der Waals surface area contributed by atoms with Crippen LogP contribution in [0.5, 0.6) is 5.75 Å². The first kappa shape index (κ1) is 12.9. The molecule has 0 aliphatic rings. The van der Waals surface area contributed by atoms with Crippen molar-refractivity contribution in [3.8, 4) is 5.75 Å². The van der Waals surface area contributed by atoms with Crippen LogP contribution in [-0.2, 0) is 9.53 Å². The first-order chi connectivity index (χ1) is 8.99. The summed E-state index contributed by atoms with van der Waals surface area (Å²) in [6.45, 7) is 1.37. The lowest BCUT2D eigenvalue weighted by molar-refractivity contribution is -0.125. The van der Waals surface area contributed by atoms with Crippen molar-refractivity contribution in [2.24, 2.45) is 5.73 Å². The molecule has 1 amide bonds. The van der Waals surface area contributed by atoms with Crippen molar-refractivity contribution >= 4 is 22.6 Å². The van der Waals surface area contributed by atoms with E-state index in [4.69, 9.17) is 10.5 Å². The van der Waals surface area contributed by atoms with Crippen LogP contribution in [0.4, 0.5) is 0 Å². The number of benzene rings is 2. The molecule has 0 bridgehead atoms. The van der Waals surface area contributed by atoms with E-state index in [1.165, 1.54) is 19.1 Å². The van der Waals surface area contributed by atoms with Gasteiger partial charge < -0.3 is 15.6 Å². The lowest BCUT2D eigenvalue weighted by atomic mass is 10.1. The molecule has 3 N–H and O–H groups in total. The van der Waals surface area contributed by atoms with Gasteiger partial charge in [-0.15, -0.1) is 0 Å². The molecule has 0 radical (unpaired) electrons. The fraction of sp³-hybridized carbons (Fsp3) is 0.143. The molecule has 1 unspecified atom stereocenters. The van der Waals surface area contributed by atoms with E-state index in [0.29, 0.717) is 0 Å². The van der Waals surface area contributed by atoms with Crippen LogP contribution in [0, 0.1) is 0 Å². The van der Waals surface area contributed by atoms with Crippen molar-refractivity contribution in [1.29, 1.82) is 0 Å². The molecule has 0 spiro atoms. The fourth-order valence-corrected chi connectivity index (χ4v) is 1.67. The van der Waals surface area contributed by atoms with Gasteiger partial charge in [-0.05, 0) is 29.8 Å². The quantitative estimate of drug-likeness (QED) is 0.819. The van der Waals surface area contributed by atoms with Crippen LogP contribution < -0.4 is 5.73 Å². The number of rotatable bonds is 3. The Morgan fingerprint density at radius 3 is 2.37 bits per heavy atom. The van der Waals surface area contributed by atoms with Crippen LogP contribution >= 0.6 is 0 Å². The van der Waals surface area contributed by atoms with Gasteiger partial charge in [-0.1, -0.05) is 24.3 Å². The number of hydrogen-bond acceptors (Lipinski definition) is 4. The van der Waals surface area contributed by atoms with Gasteiger partial charge in [0.25, 0.3) is 5.91 Å². The highest BCUT2D eigenvalue weighted by Gasteiger charge is 2.19. The van der Waals surface area contributed by atoms with Gasteiger partial charge in [-0.3, -0.25) is 4.79 Å². The Labute approximate surface area is 109 Å². The number of phenolic OH excluding ortho intramolecular Hbond substituents is 1. The smallest absolute Gasteiger partial charge is 0.342 e. The van der Waals surface area contributed by atoms with E-state index in [2.05, 4.69) is 0 Å². The molecule has 1 atom stereocenters. The van der Waals surface area contributed by atoms with Crippen LogP contribution in [0.3, 0.4) is 0 Å². The molecule has 5 heteroatoms. The van der Waals surface area contributed by atoms with E-state index in [-0.39, 0.29) is 11.3 Å². The fourth-order valence-electron chi connectivity index (χ4n) is 1.67. The highest BCUT2D eigenvalue weighted by molar-refractivity contribution is 5.99. The minimum atomic E-state index is -1.04. The zero-order valence-corrected chi connectivity index (χ0v) is 10.3. The van der Waals surface area contributed by atoms with Gasteiger partial charge in [0.15, 0.2) is 6.10 Å². The molecule has 0 aromatic heterocycles. The van der Waals surface area contributed by atoms with Gasteiger partial charge in [0, 0.05) is 0 Å². The van der Waals surface area contributed by atoms with Crippen molar-refractivity contribution in [3.63, 3.8) is 0 Å². The number of aromatic hydroxyl groups is 1. The third-order valence-electron chi connectivity index (χ3n) is 2.77. The lowest BCUT2D eigenvalue weighted by Crippen LogP contribution is -2.30. The number of esters is 1. The maximum Gasteiger partial charge on any atom is 0.342 e. The van der Waals surface area contributed by atoms with Gasteiger partial charge in [0.05, 0.1) is 0 Å². The Hall–Kier alpha value is -2.56. The number of primary amides is 1. The summed E-state index contributed by atoms with van der Waals surface area (Å²) < 4.78 is 4.85. The molecule has 0 heterocycles. The minimum Gasteiger partial charge on any atom is -0.507 e. The second kappa shape index (κ2) is 4.97. The zero-order valence-electron chi connectivity index (χ0n) is 10.3. The highest BCUT2D eigenvalue weighted by atomic mass is 16.5. The normalized spacial score (nSPS) is 12.1. The number of carbonyl (C=O) groups is 2. The average Bonchev–Trinajstić information content (AvgIpc) is 2.37. The molecule has 5 nitrogen and oxygen atoms in total. The maximum atomic E-state index is 11.8. The summed E-state index contributed by atoms with van der Waals surface area (Å²) in [6, 6.07) is 10.3. The van der Waals surface area contributed by atoms with Crippen molar-refractivity contribution in [3.05, 3.63) is 42.0 Å². The number of fused-ring (bicyclic) bond motifs is 1. The van der Waals surface area contributed by atoms with Crippen LogP contribution in [0.1, 0.15) is 17.3 Å². The lowest BCUT2D eigenvalue weighted by Gasteiger charge is -2.11. The van der Waals surface area contributed by atoms with E-state index in [1.807, 2.05) is 24.3 Å². The van der Waals surface area contributed by atoms with Crippen LogP contribution in [0.25, 0.3) is 10.8 Å². The molecule has 0 fully saturated rings. The molecule has 0 aliphatic carbocycles. The number of carbonyl (C=O) groups excluding carboxylic acids is 2. The molecule has 98 valence electrons. The van der Waals surface area contributed by atoms with Crippen molar-refractivity contribution in [1.82, 2.24) is 0 Å². The minimum absolute atomic E-state index is 0.00630. The van der Waals surface area contributed by atoms with Gasteiger partial charge >= 0.3 is 5.97 Å². The second-order valence-electron chi connectivity index (χ2n) is 4.17. The molecule has 2 aromatic rings. The molecule has 0 saturated carbocycles. The first-order valence-corrected chi connectivity index (χ1v) is 5.71. The number of hydrogen-bond donors (Lipinski definition) is 2. The second-order valence-corrected chi connectivity index (χ2v) is 4.17. The molecule has 0 saturated heterocycles. The summed E-state index contributed by atoms with van der Waals surface area (Å²) in [5.74, 6) is -1.72. The Bertz CT molecular complexity index is 651. The number of nitrogens with two attached hydrogens (primary N) is 1. The third kappa shape index (κ3) is 2.65. The molecule has 2 rings (SSSR count). The van der Waals surface area contributed by atoms with Crippen molar-refractivity contribution < 1.29 is 19.4 Å². The topological polar surface area (TPSA) is 89.6 Å². The number of amides is 1. The van der Waals surface area contributed by atoms with Crippen molar-refractivity contribution in [2.45, 2.75) is 13.0 Å². The van der Waals surface area contributed by atoms with Crippen LogP contribution in [0.2, 0.25) is 0 Å². The zero-order chi connectivity index (χ0) is 14.0. The first-order valence-electron chi connectivity index (χ1n) is 5.71. The summed E-state index contributed by atoms with van der Waals surface area (Å²) in [4.78, 5) is 22.7. The van der Waals surface area contributed by atoms with Gasteiger partial charge in [-0.2, -0.15) is 0 Å². The number of ether oxygens (including phenoxy) is 1. The summed E-state index contributed by atoms with van der Waals surface area (Å²) in [5, 5.41) is 11.4. The summed E-state index contributed by atoms with van der Waals surface area (Å²) in [5.41, 5.74) is 5.02. The predicted octanol–water partition coefficient (Wildman–Crippen LogP) is 1.58. The maximum absolute atomic E-state index is 11.8. The van der Waals surface area contributed by atoms with E-state index in [1.54, 1.807) is 0 Å². The third-order valence-corrected chi connectivity index (χ3v) is 2.77. The molecule has 2 aromatic carbocycles. The molecular weight excluding hydrogens is 246 g/mol. The van der Waals surface area contributed by atoms with Gasteiger partial charge in [0.2, 0.25) is 0 Å². The predicted molar refractivity (Wildman–Crippen MR) is 69.7 cm³/mol. The van der Waals surface area contributed by atoms with E-state index >= 15 is 0 Å². The highest BCUT2D eigenvalue weighted by Crippen LogP contribution is 2.25. The summed E-state index contributed by atoms with van der Waals surface area (Å²) in [7, 11) is 0. The Balaban J connectivity index is 2.36. The largest absolute Gasteiger partial charge is 0.507 e. The van der Waals surface area contributed by atoms with E-state index in [0.717, 1.165) is 10.8 Å². The van der Waals surface area contributed by atoms with Crippen LogP contribution in [0.15, 0.2) is 36.4 Å². The Morgan fingerprint density at radius 1 is 1.21 bits per heavy atom. The SMILES string of the molecule is CC(OC(=O)c1cc2ccccc2cc1O)C(N)=O.